The third-order valence-electron chi connectivity index (χ3n) is 4.79. The van der Waals surface area contributed by atoms with Gasteiger partial charge in [-0.1, -0.05) is 0 Å². The molecule has 0 aromatic carbocycles. The molecule has 0 aliphatic heterocycles. The minimum absolute atomic E-state index is 0.423. The van der Waals surface area contributed by atoms with Crippen molar-refractivity contribution < 1.29 is 4.79 Å². The number of rotatable bonds is 2. The van der Waals surface area contributed by atoms with Gasteiger partial charge in [-0.15, -0.1) is 0 Å². The number of Topliss-reactive ketones (excluding diaryl/α,β-unsaturated/α-hetero) is 1. The van der Waals surface area contributed by atoms with Crippen molar-refractivity contribution in [1.29, 1.82) is 0 Å². The molecule has 4 aliphatic rings. The Morgan fingerprint density at radius 3 is 1.86 bits per heavy atom. The second-order valence-corrected chi connectivity index (χ2v) is 6.30. The fraction of sp³-hybridized carbons (Fsp3) is 0.923. The van der Waals surface area contributed by atoms with Gasteiger partial charge in [-0.05, 0) is 68.6 Å². The highest BCUT2D eigenvalue weighted by Gasteiger charge is 2.50. The van der Waals surface area contributed by atoms with E-state index in [1.807, 2.05) is 0 Å². The zero-order valence-electron chi connectivity index (χ0n) is 9.09. The molecule has 14 heavy (non-hydrogen) atoms. The molecule has 0 spiro atoms. The van der Waals surface area contributed by atoms with Crippen LogP contribution < -0.4 is 0 Å². The zero-order chi connectivity index (χ0) is 9.76. The Morgan fingerprint density at radius 1 is 1.07 bits per heavy atom. The fourth-order valence-corrected chi connectivity index (χ4v) is 5.03. The van der Waals surface area contributed by atoms with Gasteiger partial charge in [0, 0.05) is 6.42 Å². The van der Waals surface area contributed by atoms with Crippen LogP contribution in [0.1, 0.15) is 51.9 Å². The van der Waals surface area contributed by atoms with Gasteiger partial charge >= 0.3 is 0 Å². The van der Waals surface area contributed by atoms with Gasteiger partial charge in [0.1, 0.15) is 5.78 Å². The average molecular weight is 192 g/mol. The molecule has 0 radical (unpaired) electrons. The highest BCUT2D eigenvalue weighted by molar-refractivity contribution is 5.76. The molecule has 0 atom stereocenters. The van der Waals surface area contributed by atoms with Crippen LogP contribution in [0, 0.1) is 23.2 Å². The molecule has 0 amide bonds. The molecule has 0 N–H and O–H groups in total. The van der Waals surface area contributed by atoms with Crippen LogP contribution in [0.25, 0.3) is 0 Å². The van der Waals surface area contributed by atoms with Crippen LogP contribution in [0.4, 0.5) is 0 Å². The summed E-state index contributed by atoms with van der Waals surface area (Å²) in [7, 11) is 0. The number of ketones is 1. The zero-order valence-corrected chi connectivity index (χ0v) is 9.09. The molecule has 0 aromatic heterocycles. The van der Waals surface area contributed by atoms with Crippen molar-refractivity contribution in [3.63, 3.8) is 0 Å². The van der Waals surface area contributed by atoms with Gasteiger partial charge in [-0.25, -0.2) is 0 Å². The maximum Gasteiger partial charge on any atom is 0.130 e. The van der Waals surface area contributed by atoms with Gasteiger partial charge < -0.3 is 4.79 Å². The van der Waals surface area contributed by atoms with E-state index in [2.05, 4.69) is 0 Å². The number of carbonyl (C=O) groups excluding carboxylic acids is 1. The normalized spacial score (nSPS) is 49.6. The van der Waals surface area contributed by atoms with Gasteiger partial charge in [0.15, 0.2) is 0 Å². The van der Waals surface area contributed by atoms with E-state index in [1.165, 1.54) is 38.5 Å². The third-order valence-corrected chi connectivity index (χ3v) is 4.79. The summed E-state index contributed by atoms with van der Waals surface area (Å²) < 4.78 is 0. The van der Waals surface area contributed by atoms with Crippen molar-refractivity contribution in [3.05, 3.63) is 0 Å². The molecule has 4 fully saturated rings. The first kappa shape index (κ1) is 8.94. The topological polar surface area (TPSA) is 17.1 Å². The third kappa shape index (κ3) is 1.32. The van der Waals surface area contributed by atoms with Gasteiger partial charge in [0.2, 0.25) is 0 Å². The van der Waals surface area contributed by atoms with Crippen molar-refractivity contribution in [2.75, 3.05) is 0 Å². The highest BCUT2D eigenvalue weighted by atomic mass is 16.1. The van der Waals surface area contributed by atoms with Crippen LogP contribution in [0.2, 0.25) is 0 Å². The molecule has 0 heterocycles. The molecule has 0 aromatic rings. The van der Waals surface area contributed by atoms with Crippen molar-refractivity contribution in [2.24, 2.45) is 23.2 Å². The predicted molar refractivity (Wildman–Crippen MR) is 55.9 cm³/mol. The largest absolute Gasteiger partial charge is 0.300 e. The Labute approximate surface area is 86.3 Å². The summed E-state index contributed by atoms with van der Waals surface area (Å²) in [6.07, 6.45) is 9.46. The van der Waals surface area contributed by atoms with Crippen LogP contribution in [-0.2, 0) is 4.79 Å². The van der Waals surface area contributed by atoms with Gasteiger partial charge in [0.25, 0.3) is 0 Å². The monoisotopic (exact) mass is 192 g/mol. The maximum absolute atomic E-state index is 11.3. The SMILES string of the molecule is CC(=O)CC12CC3CC(CC(C3)C1)C2. The Kier molecular flexibility index (Phi) is 1.81. The van der Waals surface area contributed by atoms with Crippen LogP contribution in [0.3, 0.4) is 0 Å². The lowest BCUT2D eigenvalue weighted by atomic mass is 9.48. The van der Waals surface area contributed by atoms with E-state index in [-0.39, 0.29) is 0 Å². The Balaban J connectivity index is 1.83. The van der Waals surface area contributed by atoms with Crippen molar-refractivity contribution in [3.8, 4) is 0 Å². The highest BCUT2D eigenvalue weighted by Crippen LogP contribution is 2.61. The molecule has 0 unspecified atom stereocenters. The summed E-state index contributed by atoms with van der Waals surface area (Å²) in [6.45, 7) is 1.78. The van der Waals surface area contributed by atoms with E-state index in [1.54, 1.807) is 6.92 Å². The molecule has 4 bridgehead atoms. The van der Waals surface area contributed by atoms with E-state index in [4.69, 9.17) is 0 Å². The van der Waals surface area contributed by atoms with E-state index < -0.39 is 0 Å². The molecule has 4 saturated carbocycles. The molecule has 78 valence electrons. The molecule has 4 rings (SSSR count). The summed E-state index contributed by atoms with van der Waals surface area (Å²) in [5.41, 5.74) is 0.473. The number of hydrogen-bond donors (Lipinski definition) is 0. The Hall–Kier alpha value is -0.330. The van der Waals surface area contributed by atoms with E-state index in [0.29, 0.717) is 11.2 Å². The molecular formula is C13H20O. The minimum atomic E-state index is 0.423. The van der Waals surface area contributed by atoms with Crippen molar-refractivity contribution in [2.45, 2.75) is 51.9 Å². The summed E-state index contributed by atoms with van der Waals surface area (Å²) in [6, 6.07) is 0. The van der Waals surface area contributed by atoms with E-state index >= 15 is 0 Å². The molecular weight excluding hydrogens is 172 g/mol. The summed E-state index contributed by atoms with van der Waals surface area (Å²) in [4.78, 5) is 11.3. The standard InChI is InChI=1S/C13H20O/c1-9(14)5-13-6-10-2-11(7-13)4-12(3-10)8-13/h10-12H,2-8H2,1H3. The van der Waals surface area contributed by atoms with Gasteiger partial charge in [0.05, 0.1) is 0 Å². The fourth-order valence-electron chi connectivity index (χ4n) is 5.03. The van der Waals surface area contributed by atoms with E-state index in [9.17, 15) is 4.79 Å². The van der Waals surface area contributed by atoms with Crippen molar-refractivity contribution >= 4 is 5.78 Å². The molecule has 1 heteroatoms. The number of hydrogen-bond acceptors (Lipinski definition) is 1. The summed E-state index contributed by atoms with van der Waals surface area (Å²) in [5, 5.41) is 0. The lowest BCUT2D eigenvalue weighted by Gasteiger charge is -2.56. The molecule has 0 saturated heterocycles. The Bertz CT molecular complexity index is 231. The quantitative estimate of drug-likeness (QED) is 0.656. The minimum Gasteiger partial charge on any atom is -0.300 e. The number of carbonyl (C=O) groups is 1. The van der Waals surface area contributed by atoms with Crippen molar-refractivity contribution in [1.82, 2.24) is 0 Å². The second kappa shape index (κ2) is 2.84. The molecule has 1 nitrogen and oxygen atoms in total. The second-order valence-electron chi connectivity index (χ2n) is 6.30. The first-order valence-electron chi connectivity index (χ1n) is 6.15. The predicted octanol–water partition coefficient (Wildman–Crippen LogP) is 3.18. The Morgan fingerprint density at radius 2 is 1.50 bits per heavy atom. The lowest BCUT2D eigenvalue weighted by Crippen LogP contribution is -2.46. The first-order valence-corrected chi connectivity index (χ1v) is 6.15. The maximum atomic E-state index is 11.3. The van der Waals surface area contributed by atoms with Crippen LogP contribution in [0.15, 0.2) is 0 Å². The summed E-state index contributed by atoms with van der Waals surface area (Å²) >= 11 is 0. The summed E-state index contributed by atoms with van der Waals surface area (Å²) in [5.74, 6) is 3.38. The van der Waals surface area contributed by atoms with Crippen LogP contribution >= 0.6 is 0 Å². The molecule has 4 aliphatic carbocycles. The van der Waals surface area contributed by atoms with Gasteiger partial charge in [-0.3, -0.25) is 0 Å². The lowest BCUT2D eigenvalue weighted by molar-refractivity contribution is -0.125. The van der Waals surface area contributed by atoms with Gasteiger partial charge in [-0.2, -0.15) is 0 Å². The first-order chi connectivity index (χ1) is 6.65. The van der Waals surface area contributed by atoms with E-state index in [0.717, 1.165) is 24.2 Å². The van der Waals surface area contributed by atoms with Crippen LogP contribution in [-0.4, -0.2) is 5.78 Å². The smallest absolute Gasteiger partial charge is 0.130 e. The van der Waals surface area contributed by atoms with Crippen LogP contribution in [0.5, 0.6) is 0 Å². The average Bonchev–Trinajstić information content (AvgIpc) is 1.96.